The summed E-state index contributed by atoms with van der Waals surface area (Å²) in [5.41, 5.74) is 1.02. The first-order valence-electron chi connectivity index (χ1n) is 8.11. The van der Waals surface area contributed by atoms with Crippen molar-refractivity contribution >= 4 is 17.5 Å². The summed E-state index contributed by atoms with van der Waals surface area (Å²) in [5.74, 6) is 1.36. The Morgan fingerprint density at radius 2 is 2.18 bits per heavy atom. The molecule has 1 fully saturated rings. The van der Waals surface area contributed by atoms with E-state index in [-0.39, 0.29) is 5.91 Å². The van der Waals surface area contributed by atoms with Gasteiger partial charge < -0.3 is 15.0 Å². The maximum absolute atomic E-state index is 12.3. The van der Waals surface area contributed by atoms with Crippen molar-refractivity contribution in [2.75, 3.05) is 26.2 Å². The zero-order valence-corrected chi connectivity index (χ0v) is 13.7. The Kier molecular flexibility index (Phi) is 4.89. The Morgan fingerprint density at radius 3 is 2.91 bits per heavy atom. The van der Waals surface area contributed by atoms with Crippen molar-refractivity contribution in [1.82, 2.24) is 10.2 Å². The molecule has 2 aliphatic rings. The molecule has 2 aliphatic heterocycles. The van der Waals surface area contributed by atoms with Crippen molar-refractivity contribution in [3.8, 4) is 5.75 Å². The number of halogens is 1. The molecule has 0 spiro atoms. The third-order valence-electron chi connectivity index (χ3n) is 4.71. The maximum atomic E-state index is 12.3. The van der Waals surface area contributed by atoms with Crippen LogP contribution >= 0.6 is 11.6 Å². The molecule has 1 saturated heterocycles. The van der Waals surface area contributed by atoms with Crippen molar-refractivity contribution in [2.45, 2.75) is 32.3 Å². The lowest BCUT2D eigenvalue weighted by Crippen LogP contribution is -2.42. The van der Waals surface area contributed by atoms with Crippen LogP contribution in [0.25, 0.3) is 0 Å². The normalized spacial score (nSPS) is 22.2. The minimum Gasteiger partial charge on any atom is -0.480 e. The van der Waals surface area contributed by atoms with Crippen LogP contribution in [0, 0.1) is 5.92 Å². The smallest absolute Gasteiger partial charge is 0.261 e. The lowest BCUT2D eigenvalue weighted by molar-refractivity contribution is -0.127. The van der Waals surface area contributed by atoms with Gasteiger partial charge in [-0.15, -0.1) is 0 Å². The molecule has 22 heavy (non-hydrogen) atoms. The van der Waals surface area contributed by atoms with Crippen LogP contribution in [-0.4, -0.2) is 43.1 Å². The molecule has 1 amide bonds. The number of carbonyl (C=O) groups excluding carboxylic acids is 1. The van der Waals surface area contributed by atoms with Gasteiger partial charge in [0.05, 0.1) is 0 Å². The molecule has 120 valence electrons. The highest BCUT2D eigenvalue weighted by atomic mass is 35.5. The van der Waals surface area contributed by atoms with Crippen LogP contribution in [0.3, 0.4) is 0 Å². The monoisotopic (exact) mass is 322 g/mol. The molecule has 4 nitrogen and oxygen atoms in total. The topological polar surface area (TPSA) is 41.6 Å². The first kappa shape index (κ1) is 15.6. The zero-order chi connectivity index (χ0) is 15.5. The predicted octanol–water partition coefficient (Wildman–Crippen LogP) is 2.49. The van der Waals surface area contributed by atoms with Crippen molar-refractivity contribution in [3.63, 3.8) is 0 Å². The van der Waals surface area contributed by atoms with E-state index in [1.165, 1.54) is 0 Å². The summed E-state index contributed by atoms with van der Waals surface area (Å²) in [6, 6.07) is 5.51. The average molecular weight is 323 g/mol. The molecule has 0 aliphatic carbocycles. The van der Waals surface area contributed by atoms with Crippen LogP contribution in [0.4, 0.5) is 0 Å². The lowest BCUT2D eigenvalue weighted by atomic mass is 9.96. The van der Waals surface area contributed by atoms with E-state index in [2.05, 4.69) is 17.1 Å². The van der Waals surface area contributed by atoms with E-state index in [1.54, 1.807) is 6.07 Å². The molecule has 1 unspecified atom stereocenters. The van der Waals surface area contributed by atoms with E-state index >= 15 is 0 Å². The molecule has 1 aromatic carbocycles. The van der Waals surface area contributed by atoms with Crippen LogP contribution in [0.2, 0.25) is 5.02 Å². The minimum absolute atomic E-state index is 0.00903. The van der Waals surface area contributed by atoms with Crippen LogP contribution < -0.4 is 10.1 Å². The van der Waals surface area contributed by atoms with E-state index in [9.17, 15) is 4.79 Å². The lowest BCUT2D eigenvalue weighted by Gasteiger charge is -2.31. The summed E-state index contributed by atoms with van der Waals surface area (Å²) < 4.78 is 5.72. The number of amides is 1. The van der Waals surface area contributed by atoms with Gasteiger partial charge >= 0.3 is 0 Å². The molecule has 3 rings (SSSR count). The number of piperidine rings is 1. The Bertz CT molecular complexity index is 541. The van der Waals surface area contributed by atoms with Crippen molar-refractivity contribution in [2.24, 2.45) is 5.92 Å². The van der Waals surface area contributed by atoms with Gasteiger partial charge in [-0.1, -0.05) is 18.5 Å². The zero-order valence-electron chi connectivity index (χ0n) is 13.0. The minimum atomic E-state index is -0.413. The standard InChI is InChI=1S/C17H23ClN2O2/c1-2-20-7-5-12(6-8-20)11-19-17(21)16-10-13-9-14(18)3-4-15(13)22-16/h3-4,9,12,16H,2,5-8,10-11H2,1H3,(H,19,21). The van der Waals surface area contributed by atoms with E-state index < -0.39 is 6.10 Å². The maximum Gasteiger partial charge on any atom is 0.261 e. The number of likely N-dealkylation sites (tertiary alicyclic amines) is 1. The van der Waals surface area contributed by atoms with E-state index in [0.29, 0.717) is 17.4 Å². The van der Waals surface area contributed by atoms with E-state index in [1.807, 2.05) is 12.1 Å². The van der Waals surface area contributed by atoms with Crippen molar-refractivity contribution < 1.29 is 9.53 Å². The number of nitrogens with zero attached hydrogens (tertiary/aromatic N) is 1. The number of benzene rings is 1. The summed E-state index contributed by atoms with van der Waals surface area (Å²) in [5, 5.41) is 3.75. The molecule has 1 N–H and O–H groups in total. The summed E-state index contributed by atoms with van der Waals surface area (Å²) in [7, 11) is 0. The first-order valence-corrected chi connectivity index (χ1v) is 8.48. The number of fused-ring (bicyclic) bond motifs is 1. The molecular weight excluding hydrogens is 300 g/mol. The molecule has 0 radical (unpaired) electrons. The largest absolute Gasteiger partial charge is 0.480 e. The molecule has 1 atom stereocenters. The van der Waals surface area contributed by atoms with Gasteiger partial charge in [-0.25, -0.2) is 0 Å². The van der Waals surface area contributed by atoms with Crippen molar-refractivity contribution in [1.29, 1.82) is 0 Å². The highest BCUT2D eigenvalue weighted by Gasteiger charge is 2.29. The van der Waals surface area contributed by atoms with Gasteiger partial charge in [0.25, 0.3) is 5.91 Å². The number of hydrogen-bond acceptors (Lipinski definition) is 3. The van der Waals surface area contributed by atoms with E-state index in [0.717, 1.165) is 50.3 Å². The summed E-state index contributed by atoms with van der Waals surface area (Å²) in [6.45, 7) is 6.36. The Hall–Kier alpha value is -1.26. The van der Waals surface area contributed by atoms with E-state index in [4.69, 9.17) is 16.3 Å². The third kappa shape index (κ3) is 3.55. The number of hydrogen-bond donors (Lipinski definition) is 1. The quantitative estimate of drug-likeness (QED) is 0.926. The summed E-state index contributed by atoms with van der Waals surface area (Å²) in [6.07, 6.45) is 2.52. The second-order valence-electron chi connectivity index (χ2n) is 6.19. The second kappa shape index (κ2) is 6.88. The molecule has 0 saturated carbocycles. The molecule has 5 heteroatoms. The van der Waals surface area contributed by atoms with Gasteiger partial charge in [-0.2, -0.15) is 0 Å². The van der Waals surface area contributed by atoms with Crippen molar-refractivity contribution in [3.05, 3.63) is 28.8 Å². The number of ether oxygens (including phenoxy) is 1. The number of nitrogens with one attached hydrogen (secondary N) is 1. The van der Waals surface area contributed by atoms with Crippen LogP contribution in [-0.2, 0) is 11.2 Å². The highest BCUT2D eigenvalue weighted by Crippen LogP contribution is 2.31. The molecule has 2 heterocycles. The fourth-order valence-electron chi connectivity index (χ4n) is 3.23. The Morgan fingerprint density at radius 1 is 1.41 bits per heavy atom. The summed E-state index contributed by atoms with van der Waals surface area (Å²) >= 11 is 5.98. The molecule has 0 aromatic heterocycles. The van der Waals surface area contributed by atoms with Gasteiger partial charge in [0, 0.05) is 18.0 Å². The van der Waals surface area contributed by atoms with Gasteiger partial charge in [-0.3, -0.25) is 4.79 Å². The predicted molar refractivity (Wildman–Crippen MR) is 87.4 cm³/mol. The van der Waals surface area contributed by atoms with Gasteiger partial charge in [0.2, 0.25) is 0 Å². The first-order chi connectivity index (χ1) is 10.7. The fraction of sp³-hybridized carbons (Fsp3) is 0.588. The molecule has 1 aromatic rings. The Labute approximate surface area is 136 Å². The molecular formula is C17H23ClN2O2. The van der Waals surface area contributed by atoms with Crippen LogP contribution in [0.1, 0.15) is 25.3 Å². The number of carbonyl (C=O) groups is 1. The summed E-state index contributed by atoms with van der Waals surface area (Å²) in [4.78, 5) is 14.7. The van der Waals surface area contributed by atoms with Gasteiger partial charge in [0.15, 0.2) is 6.10 Å². The number of rotatable bonds is 4. The highest BCUT2D eigenvalue weighted by molar-refractivity contribution is 6.30. The Balaban J connectivity index is 1.46. The third-order valence-corrected chi connectivity index (χ3v) is 4.94. The SMILES string of the molecule is CCN1CCC(CNC(=O)C2Cc3cc(Cl)ccc3O2)CC1. The van der Waals surface area contributed by atoms with Crippen LogP contribution in [0.15, 0.2) is 18.2 Å². The van der Waals surface area contributed by atoms with Crippen LogP contribution in [0.5, 0.6) is 5.75 Å². The average Bonchev–Trinajstić information content (AvgIpc) is 2.96. The van der Waals surface area contributed by atoms with Gasteiger partial charge in [0.1, 0.15) is 5.75 Å². The second-order valence-corrected chi connectivity index (χ2v) is 6.62. The van der Waals surface area contributed by atoms with Gasteiger partial charge in [-0.05, 0) is 62.2 Å². The fourth-order valence-corrected chi connectivity index (χ4v) is 3.42. The molecule has 0 bridgehead atoms.